The first-order chi connectivity index (χ1) is 9.76. The fourth-order valence-electron chi connectivity index (χ4n) is 3.55. The van der Waals surface area contributed by atoms with Crippen molar-refractivity contribution in [1.82, 2.24) is 9.78 Å². The predicted molar refractivity (Wildman–Crippen MR) is 78.0 cm³/mol. The third-order valence-electron chi connectivity index (χ3n) is 4.81. The van der Waals surface area contributed by atoms with E-state index in [1.807, 2.05) is 0 Å². The highest BCUT2D eigenvalue weighted by atomic mass is 16.5. The molecule has 4 nitrogen and oxygen atoms in total. The van der Waals surface area contributed by atoms with Crippen LogP contribution in [-0.4, -0.2) is 35.2 Å². The minimum Gasteiger partial charge on any atom is -0.381 e. The molecule has 2 aliphatic rings. The third kappa shape index (κ3) is 2.63. The monoisotopic (exact) mass is 278 g/mol. The van der Waals surface area contributed by atoms with E-state index in [1.54, 1.807) is 0 Å². The predicted octanol–water partition coefficient (Wildman–Crippen LogP) is 2.91. The molecule has 3 heterocycles. The minimum absolute atomic E-state index is 0.0461. The molecule has 0 bridgehead atoms. The molecular weight excluding hydrogens is 252 g/mol. The Morgan fingerprint density at radius 3 is 2.75 bits per heavy atom. The lowest BCUT2D eigenvalue weighted by Crippen LogP contribution is -2.45. The largest absolute Gasteiger partial charge is 0.381 e. The van der Waals surface area contributed by atoms with Gasteiger partial charge < -0.3 is 9.47 Å². The number of aryl methyl sites for hydroxylation is 2. The average Bonchev–Trinajstić information content (AvgIpc) is 2.91. The van der Waals surface area contributed by atoms with Crippen molar-refractivity contribution in [3.63, 3.8) is 0 Å². The molecule has 1 atom stereocenters. The summed E-state index contributed by atoms with van der Waals surface area (Å²) in [6.07, 6.45) is 6.32. The second kappa shape index (κ2) is 5.86. The van der Waals surface area contributed by atoms with Crippen LogP contribution in [0.25, 0.3) is 0 Å². The normalized spacial score (nSPS) is 26.0. The minimum atomic E-state index is 0.0461. The van der Waals surface area contributed by atoms with Crippen molar-refractivity contribution in [2.24, 2.45) is 0 Å². The van der Waals surface area contributed by atoms with E-state index in [0.717, 1.165) is 58.3 Å². The van der Waals surface area contributed by atoms with Crippen molar-refractivity contribution in [1.29, 1.82) is 0 Å². The lowest BCUT2D eigenvalue weighted by Gasteiger charge is -2.43. The van der Waals surface area contributed by atoms with E-state index in [1.165, 1.54) is 11.4 Å². The van der Waals surface area contributed by atoms with Crippen LogP contribution in [0.4, 0.5) is 0 Å². The maximum absolute atomic E-state index is 6.14. The second-order valence-electron chi connectivity index (χ2n) is 6.07. The van der Waals surface area contributed by atoms with Gasteiger partial charge in [0.1, 0.15) is 0 Å². The molecule has 0 amide bonds. The number of ether oxygens (including phenoxy) is 2. The number of hydrogen-bond acceptors (Lipinski definition) is 3. The fraction of sp³-hybridized carbons (Fsp3) is 0.812. The first kappa shape index (κ1) is 14.1. The zero-order valence-electron chi connectivity index (χ0n) is 12.7. The fourth-order valence-corrected chi connectivity index (χ4v) is 3.55. The molecule has 2 fully saturated rings. The molecule has 0 aromatic carbocycles. The Morgan fingerprint density at radius 1 is 1.25 bits per heavy atom. The zero-order chi connectivity index (χ0) is 14.0. The van der Waals surface area contributed by atoms with Gasteiger partial charge in [-0.2, -0.15) is 5.10 Å². The Labute approximate surface area is 121 Å². The summed E-state index contributed by atoms with van der Waals surface area (Å²) in [6.45, 7) is 6.93. The zero-order valence-corrected chi connectivity index (χ0v) is 12.7. The van der Waals surface area contributed by atoms with E-state index in [9.17, 15) is 0 Å². The molecule has 112 valence electrons. The van der Waals surface area contributed by atoms with Crippen LogP contribution in [0.15, 0.2) is 6.07 Å². The van der Waals surface area contributed by atoms with Crippen molar-refractivity contribution in [2.75, 3.05) is 19.8 Å². The smallest absolute Gasteiger partial charge is 0.0746 e. The van der Waals surface area contributed by atoms with Gasteiger partial charge in [-0.1, -0.05) is 13.8 Å². The van der Waals surface area contributed by atoms with Gasteiger partial charge in [-0.3, -0.25) is 4.68 Å². The Kier molecular flexibility index (Phi) is 4.13. The summed E-state index contributed by atoms with van der Waals surface area (Å²) in [5, 5.41) is 4.83. The summed E-state index contributed by atoms with van der Waals surface area (Å²) >= 11 is 0. The molecule has 1 aromatic rings. The Hall–Kier alpha value is -0.870. The van der Waals surface area contributed by atoms with E-state index in [-0.39, 0.29) is 5.60 Å². The molecule has 0 N–H and O–H groups in total. The van der Waals surface area contributed by atoms with Gasteiger partial charge >= 0.3 is 0 Å². The summed E-state index contributed by atoms with van der Waals surface area (Å²) in [6, 6.07) is 2.77. The van der Waals surface area contributed by atoms with Gasteiger partial charge in [-0.05, 0) is 44.6 Å². The van der Waals surface area contributed by atoms with Gasteiger partial charge in [0.2, 0.25) is 0 Å². The molecule has 3 rings (SSSR count). The van der Waals surface area contributed by atoms with Gasteiger partial charge in [0, 0.05) is 25.5 Å². The highest BCUT2D eigenvalue weighted by molar-refractivity contribution is 5.12. The van der Waals surface area contributed by atoms with Crippen LogP contribution in [0.2, 0.25) is 0 Å². The maximum Gasteiger partial charge on any atom is 0.0746 e. The van der Waals surface area contributed by atoms with Gasteiger partial charge in [-0.15, -0.1) is 0 Å². The molecule has 0 saturated carbocycles. The Balaban J connectivity index is 1.80. The van der Waals surface area contributed by atoms with Crippen molar-refractivity contribution < 1.29 is 9.47 Å². The standard InChI is InChI=1S/C16H26N2O2/c1-3-13-11-14(4-2)18(17-13)15-5-8-20-16(12-15)6-9-19-10-7-16/h11,15H,3-10,12H2,1-2H3. The molecule has 0 radical (unpaired) electrons. The van der Waals surface area contributed by atoms with Gasteiger partial charge in [0.25, 0.3) is 0 Å². The molecule has 0 aliphatic carbocycles. The molecule has 1 unspecified atom stereocenters. The van der Waals surface area contributed by atoms with E-state index in [0.29, 0.717) is 6.04 Å². The molecule has 1 spiro atoms. The Morgan fingerprint density at radius 2 is 2.05 bits per heavy atom. The molecule has 4 heteroatoms. The quantitative estimate of drug-likeness (QED) is 0.853. The maximum atomic E-state index is 6.14. The highest BCUT2D eigenvalue weighted by Gasteiger charge is 2.40. The van der Waals surface area contributed by atoms with Crippen LogP contribution in [-0.2, 0) is 22.3 Å². The SMILES string of the molecule is CCc1cc(CC)n(C2CCOC3(CCOCC3)C2)n1. The van der Waals surface area contributed by atoms with Crippen molar-refractivity contribution >= 4 is 0 Å². The lowest BCUT2D eigenvalue weighted by atomic mass is 9.84. The van der Waals surface area contributed by atoms with Crippen LogP contribution >= 0.6 is 0 Å². The summed E-state index contributed by atoms with van der Waals surface area (Å²) in [4.78, 5) is 0. The third-order valence-corrected chi connectivity index (χ3v) is 4.81. The topological polar surface area (TPSA) is 36.3 Å². The molecular formula is C16H26N2O2. The van der Waals surface area contributed by atoms with Crippen LogP contribution < -0.4 is 0 Å². The van der Waals surface area contributed by atoms with E-state index >= 15 is 0 Å². The summed E-state index contributed by atoms with van der Waals surface area (Å²) in [5.74, 6) is 0. The highest BCUT2D eigenvalue weighted by Crippen LogP contribution is 2.39. The van der Waals surface area contributed by atoms with Gasteiger partial charge in [0.05, 0.1) is 17.3 Å². The van der Waals surface area contributed by atoms with Crippen molar-refractivity contribution in [3.8, 4) is 0 Å². The number of rotatable bonds is 3. The van der Waals surface area contributed by atoms with Crippen LogP contribution in [0.1, 0.15) is 57.0 Å². The molecule has 2 aliphatic heterocycles. The average molecular weight is 278 g/mol. The van der Waals surface area contributed by atoms with Crippen LogP contribution in [0.5, 0.6) is 0 Å². The van der Waals surface area contributed by atoms with Gasteiger partial charge in [-0.25, -0.2) is 0 Å². The van der Waals surface area contributed by atoms with Crippen LogP contribution in [0.3, 0.4) is 0 Å². The lowest BCUT2D eigenvalue weighted by molar-refractivity contribution is -0.145. The molecule has 1 aromatic heterocycles. The van der Waals surface area contributed by atoms with E-state index in [2.05, 4.69) is 24.6 Å². The van der Waals surface area contributed by atoms with E-state index < -0.39 is 0 Å². The number of aromatic nitrogens is 2. The number of nitrogens with zero attached hydrogens (tertiary/aromatic N) is 2. The summed E-state index contributed by atoms with van der Waals surface area (Å²) < 4.78 is 13.9. The van der Waals surface area contributed by atoms with Crippen LogP contribution in [0, 0.1) is 0 Å². The van der Waals surface area contributed by atoms with E-state index in [4.69, 9.17) is 14.6 Å². The second-order valence-corrected chi connectivity index (χ2v) is 6.07. The molecule has 20 heavy (non-hydrogen) atoms. The summed E-state index contributed by atoms with van der Waals surface area (Å²) in [7, 11) is 0. The van der Waals surface area contributed by atoms with Crippen molar-refractivity contribution in [2.45, 2.75) is 64.0 Å². The van der Waals surface area contributed by atoms with Gasteiger partial charge in [0.15, 0.2) is 0 Å². The first-order valence-corrected chi connectivity index (χ1v) is 8.05. The summed E-state index contributed by atoms with van der Waals surface area (Å²) in [5.41, 5.74) is 2.63. The van der Waals surface area contributed by atoms with Crippen molar-refractivity contribution in [3.05, 3.63) is 17.5 Å². The first-order valence-electron chi connectivity index (χ1n) is 8.05. The number of hydrogen-bond donors (Lipinski definition) is 0. The Bertz CT molecular complexity index is 444. The molecule has 2 saturated heterocycles.